The SMILES string of the molecule is Nc1nnc(CN2CCCS2(=O)=O)s1. The zero-order chi connectivity index (χ0) is 10.2. The summed E-state index contributed by atoms with van der Waals surface area (Å²) in [6.07, 6.45) is 0.691. The van der Waals surface area contributed by atoms with Crippen LogP contribution in [0.3, 0.4) is 0 Å². The number of nitrogens with zero attached hydrogens (tertiary/aromatic N) is 3. The second kappa shape index (κ2) is 3.44. The van der Waals surface area contributed by atoms with Crippen LogP contribution in [0.15, 0.2) is 0 Å². The van der Waals surface area contributed by atoms with Crippen LogP contribution in [0.5, 0.6) is 0 Å². The second-order valence-corrected chi connectivity index (χ2v) is 6.22. The molecule has 0 aliphatic carbocycles. The molecule has 1 saturated heterocycles. The van der Waals surface area contributed by atoms with Gasteiger partial charge in [0.25, 0.3) is 0 Å². The first-order valence-corrected chi connectivity index (χ1v) is 6.56. The van der Waals surface area contributed by atoms with E-state index in [9.17, 15) is 8.42 Å². The van der Waals surface area contributed by atoms with Crippen molar-refractivity contribution >= 4 is 26.5 Å². The molecule has 2 heterocycles. The summed E-state index contributed by atoms with van der Waals surface area (Å²) in [5, 5.41) is 8.43. The second-order valence-electron chi connectivity index (χ2n) is 3.04. The zero-order valence-electron chi connectivity index (χ0n) is 7.38. The number of rotatable bonds is 2. The number of sulfonamides is 1. The number of hydrogen-bond acceptors (Lipinski definition) is 6. The molecule has 0 saturated carbocycles. The van der Waals surface area contributed by atoms with Gasteiger partial charge in [-0.1, -0.05) is 11.3 Å². The highest BCUT2D eigenvalue weighted by Crippen LogP contribution is 2.19. The molecule has 2 rings (SSSR count). The summed E-state index contributed by atoms with van der Waals surface area (Å²) in [4.78, 5) is 0. The minimum atomic E-state index is -3.04. The summed E-state index contributed by atoms with van der Waals surface area (Å²) in [6.45, 7) is 0.874. The van der Waals surface area contributed by atoms with Crippen molar-refractivity contribution in [3.63, 3.8) is 0 Å². The largest absolute Gasteiger partial charge is 0.374 e. The fourth-order valence-electron chi connectivity index (χ4n) is 1.35. The first-order valence-electron chi connectivity index (χ1n) is 4.13. The van der Waals surface area contributed by atoms with E-state index in [1.165, 1.54) is 15.6 Å². The molecule has 0 bridgehead atoms. The van der Waals surface area contributed by atoms with E-state index in [1.807, 2.05) is 0 Å². The molecule has 0 aromatic carbocycles. The summed E-state index contributed by atoms with van der Waals surface area (Å²) in [7, 11) is -3.04. The number of aromatic nitrogens is 2. The van der Waals surface area contributed by atoms with E-state index in [-0.39, 0.29) is 5.75 Å². The summed E-state index contributed by atoms with van der Waals surface area (Å²) in [6, 6.07) is 0. The molecule has 6 nitrogen and oxygen atoms in total. The van der Waals surface area contributed by atoms with Crippen LogP contribution in [0.1, 0.15) is 11.4 Å². The Morgan fingerprint density at radius 1 is 1.50 bits per heavy atom. The van der Waals surface area contributed by atoms with Crippen molar-refractivity contribution in [2.75, 3.05) is 18.0 Å². The molecule has 1 aromatic rings. The maximum Gasteiger partial charge on any atom is 0.214 e. The molecule has 0 amide bonds. The quantitative estimate of drug-likeness (QED) is 0.756. The Bertz CT molecular complexity index is 427. The molecular formula is C6H10N4O2S2. The molecule has 14 heavy (non-hydrogen) atoms. The third-order valence-electron chi connectivity index (χ3n) is 2.00. The molecule has 0 spiro atoms. The van der Waals surface area contributed by atoms with Gasteiger partial charge in [-0.3, -0.25) is 0 Å². The van der Waals surface area contributed by atoms with Gasteiger partial charge in [0.15, 0.2) is 0 Å². The molecule has 2 N–H and O–H groups in total. The lowest BCUT2D eigenvalue weighted by molar-refractivity contribution is 0.437. The third-order valence-corrected chi connectivity index (χ3v) is 4.64. The molecule has 1 aliphatic heterocycles. The highest BCUT2D eigenvalue weighted by atomic mass is 32.2. The lowest BCUT2D eigenvalue weighted by Crippen LogP contribution is -2.25. The molecule has 78 valence electrons. The average molecular weight is 234 g/mol. The topological polar surface area (TPSA) is 89.2 Å². The molecule has 1 aromatic heterocycles. The number of anilines is 1. The summed E-state index contributed by atoms with van der Waals surface area (Å²) in [5.74, 6) is 0.237. The van der Waals surface area contributed by atoms with Gasteiger partial charge in [0.1, 0.15) is 5.01 Å². The molecule has 8 heteroatoms. The number of nitrogen functional groups attached to an aromatic ring is 1. The standard InChI is InChI=1S/C6H10N4O2S2/c7-6-9-8-5(13-6)4-10-2-1-3-14(10,11)12/h1-4H2,(H2,7,9). The van der Waals surface area contributed by atoms with Crippen LogP contribution in [0.25, 0.3) is 0 Å². The Labute approximate surface area is 85.8 Å². The van der Waals surface area contributed by atoms with Gasteiger partial charge >= 0.3 is 0 Å². The van der Waals surface area contributed by atoms with Crippen molar-refractivity contribution in [3.8, 4) is 0 Å². The number of nitrogens with two attached hydrogens (primary N) is 1. The Hall–Kier alpha value is -0.730. The monoisotopic (exact) mass is 234 g/mol. The molecule has 0 unspecified atom stereocenters. The Balaban J connectivity index is 2.12. The van der Waals surface area contributed by atoms with Crippen molar-refractivity contribution in [3.05, 3.63) is 5.01 Å². The van der Waals surface area contributed by atoms with Crippen molar-refractivity contribution in [2.24, 2.45) is 0 Å². The minimum absolute atomic E-state index is 0.237. The third kappa shape index (κ3) is 1.86. The van der Waals surface area contributed by atoms with E-state index in [0.29, 0.717) is 29.6 Å². The van der Waals surface area contributed by atoms with E-state index in [4.69, 9.17) is 5.73 Å². The number of hydrogen-bond donors (Lipinski definition) is 1. The molecule has 1 aliphatic rings. The fraction of sp³-hybridized carbons (Fsp3) is 0.667. The van der Waals surface area contributed by atoms with Gasteiger partial charge in [-0.2, -0.15) is 4.31 Å². The van der Waals surface area contributed by atoms with E-state index in [1.54, 1.807) is 0 Å². The van der Waals surface area contributed by atoms with Crippen LogP contribution < -0.4 is 5.73 Å². The van der Waals surface area contributed by atoms with E-state index in [2.05, 4.69) is 10.2 Å². The van der Waals surface area contributed by atoms with Crippen LogP contribution >= 0.6 is 11.3 Å². The average Bonchev–Trinajstić information content (AvgIpc) is 2.61. The Morgan fingerprint density at radius 2 is 2.29 bits per heavy atom. The van der Waals surface area contributed by atoms with Crippen molar-refractivity contribution < 1.29 is 8.42 Å². The normalized spacial score (nSPS) is 21.4. The van der Waals surface area contributed by atoms with E-state index < -0.39 is 10.0 Å². The predicted octanol–water partition coefficient (Wildman–Crippen LogP) is -0.344. The Kier molecular flexibility index (Phi) is 2.41. The maximum absolute atomic E-state index is 11.4. The highest BCUT2D eigenvalue weighted by Gasteiger charge is 2.28. The minimum Gasteiger partial charge on any atom is -0.374 e. The van der Waals surface area contributed by atoms with Crippen LogP contribution in [0.2, 0.25) is 0 Å². The smallest absolute Gasteiger partial charge is 0.214 e. The van der Waals surface area contributed by atoms with Crippen molar-refractivity contribution in [1.82, 2.24) is 14.5 Å². The van der Waals surface area contributed by atoms with Gasteiger partial charge in [-0.15, -0.1) is 10.2 Å². The lowest BCUT2D eigenvalue weighted by Gasteiger charge is -2.10. The van der Waals surface area contributed by atoms with Gasteiger partial charge < -0.3 is 5.73 Å². The highest BCUT2D eigenvalue weighted by molar-refractivity contribution is 7.89. The van der Waals surface area contributed by atoms with Gasteiger partial charge in [0, 0.05) is 6.54 Å². The summed E-state index contributed by atoms with van der Waals surface area (Å²) >= 11 is 1.22. The molecule has 0 radical (unpaired) electrons. The van der Waals surface area contributed by atoms with Gasteiger partial charge in [0.05, 0.1) is 12.3 Å². The lowest BCUT2D eigenvalue weighted by atomic mass is 10.5. The van der Waals surface area contributed by atoms with Gasteiger partial charge in [-0.05, 0) is 6.42 Å². The first-order chi connectivity index (χ1) is 6.58. The van der Waals surface area contributed by atoms with E-state index >= 15 is 0 Å². The molecule has 1 fully saturated rings. The van der Waals surface area contributed by atoms with Crippen molar-refractivity contribution in [1.29, 1.82) is 0 Å². The fourth-order valence-corrected chi connectivity index (χ4v) is 3.54. The molecule has 0 atom stereocenters. The maximum atomic E-state index is 11.4. The van der Waals surface area contributed by atoms with Crippen molar-refractivity contribution in [2.45, 2.75) is 13.0 Å². The zero-order valence-corrected chi connectivity index (χ0v) is 9.01. The van der Waals surface area contributed by atoms with Gasteiger partial charge in [-0.25, -0.2) is 8.42 Å². The summed E-state index contributed by atoms with van der Waals surface area (Å²) < 4.78 is 24.3. The molecular weight excluding hydrogens is 224 g/mol. The Morgan fingerprint density at radius 3 is 2.79 bits per heavy atom. The van der Waals surface area contributed by atoms with Crippen LogP contribution in [0.4, 0.5) is 5.13 Å². The van der Waals surface area contributed by atoms with Crippen LogP contribution in [-0.2, 0) is 16.6 Å². The van der Waals surface area contributed by atoms with Crippen LogP contribution in [0, 0.1) is 0 Å². The van der Waals surface area contributed by atoms with E-state index in [0.717, 1.165) is 0 Å². The van der Waals surface area contributed by atoms with Crippen LogP contribution in [-0.4, -0.2) is 35.2 Å². The summed E-state index contributed by atoms with van der Waals surface area (Å²) in [5.41, 5.74) is 5.40. The first kappa shape index (κ1) is 9.81. The van der Waals surface area contributed by atoms with Gasteiger partial charge in [0.2, 0.25) is 15.2 Å². The predicted molar refractivity (Wildman–Crippen MR) is 53.1 cm³/mol.